The van der Waals surface area contributed by atoms with E-state index < -0.39 is 14.6 Å². The van der Waals surface area contributed by atoms with Crippen LogP contribution in [0.15, 0.2) is 91.0 Å². The van der Waals surface area contributed by atoms with Crippen LogP contribution in [0.3, 0.4) is 0 Å². The third-order valence-electron chi connectivity index (χ3n) is 5.90. The fraction of sp³-hybridized carbons (Fsp3) is 0.217. The molecule has 4 rings (SSSR count). The standard InChI is InChI=1S/C23H25ClPSi/c1-26(2,24)23(18-19-23)25(20-12-6-3-7-13-20,21-14-8-4-9-15-21)22-16-10-5-11-17-22/h3-17H,18-19H2,1-2H3/q+1. The second kappa shape index (κ2) is 6.64. The molecule has 3 aromatic carbocycles. The molecule has 0 nitrogen and oxygen atoms in total. The lowest BCUT2D eigenvalue weighted by molar-refractivity contribution is 1.26. The highest BCUT2D eigenvalue weighted by Gasteiger charge is 2.75. The van der Waals surface area contributed by atoms with E-state index in [0.29, 0.717) is 0 Å². The molecule has 0 unspecified atom stereocenters. The van der Waals surface area contributed by atoms with Crippen LogP contribution in [-0.4, -0.2) is 12.2 Å². The van der Waals surface area contributed by atoms with Crippen LogP contribution in [0, 0.1) is 0 Å². The maximum atomic E-state index is 7.29. The lowest BCUT2D eigenvalue weighted by Crippen LogP contribution is -2.50. The van der Waals surface area contributed by atoms with Gasteiger partial charge in [0, 0.05) is 0 Å². The molecule has 26 heavy (non-hydrogen) atoms. The van der Waals surface area contributed by atoms with Crippen LogP contribution in [-0.2, 0) is 0 Å². The number of halogens is 1. The molecule has 1 aliphatic rings. The summed E-state index contributed by atoms with van der Waals surface area (Å²) in [4.78, 5) is 0. The quantitative estimate of drug-likeness (QED) is 0.304. The topological polar surface area (TPSA) is 0 Å². The van der Waals surface area contributed by atoms with Gasteiger partial charge in [-0.25, -0.2) is 0 Å². The van der Waals surface area contributed by atoms with Gasteiger partial charge < -0.3 is 0 Å². The summed E-state index contributed by atoms with van der Waals surface area (Å²) in [5.74, 6) is 0. The van der Waals surface area contributed by atoms with Crippen molar-refractivity contribution in [2.75, 3.05) is 0 Å². The summed E-state index contributed by atoms with van der Waals surface area (Å²) in [5, 5.41) is 4.41. The molecule has 132 valence electrons. The molecule has 0 atom stereocenters. The molecule has 1 saturated carbocycles. The highest BCUT2D eigenvalue weighted by molar-refractivity contribution is 7.99. The van der Waals surface area contributed by atoms with E-state index in [1.165, 1.54) is 28.8 Å². The molecule has 3 aromatic rings. The minimum Gasteiger partial charge on any atom is -0.162 e. The highest BCUT2D eigenvalue weighted by Crippen LogP contribution is 2.78. The summed E-state index contributed by atoms with van der Waals surface area (Å²) >= 11 is 7.29. The molecular formula is C23H25ClPSi+. The fourth-order valence-corrected chi connectivity index (χ4v) is 17.0. The van der Waals surface area contributed by atoms with Crippen LogP contribution in [0.4, 0.5) is 0 Å². The van der Waals surface area contributed by atoms with Crippen LogP contribution in [0.2, 0.25) is 13.1 Å². The van der Waals surface area contributed by atoms with Gasteiger partial charge in [-0.3, -0.25) is 0 Å². The third kappa shape index (κ3) is 2.61. The second-order valence-electron chi connectivity index (χ2n) is 7.68. The van der Waals surface area contributed by atoms with Gasteiger partial charge in [0.05, 0.1) is 4.78 Å². The monoisotopic (exact) mass is 395 g/mol. The SMILES string of the molecule is C[Si](C)(Cl)C1([P+](c2ccccc2)(c2ccccc2)c2ccccc2)CC1. The molecule has 1 aliphatic carbocycles. The largest absolute Gasteiger partial charge is 0.199 e. The zero-order chi connectivity index (χ0) is 18.3. The lowest BCUT2D eigenvalue weighted by atomic mass is 10.4. The summed E-state index contributed by atoms with van der Waals surface area (Å²) in [5.41, 5.74) is 0. The Morgan fingerprint density at radius 3 is 1.19 bits per heavy atom. The van der Waals surface area contributed by atoms with Gasteiger partial charge in [-0.15, -0.1) is 0 Å². The van der Waals surface area contributed by atoms with Crippen molar-refractivity contribution in [1.82, 2.24) is 0 Å². The van der Waals surface area contributed by atoms with E-state index in [9.17, 15) is 0 Å². The molecule has 0 N–H and O–H groups in total. The Bertz CT molecular complexity index is 772. The molecule has 0 saturated heterocycles. The maximum absolute atomic E-state index is 7.29. The van der Waals surface area contributed by atoms with Crippen molar-refractivity contribution in [2.24, 2.45) is 0 Å². The first kappa shape index (κ1) is 18.0. The Hall–Kier alpha value is -1.40. The first-order valence-corrected chi connectivity index (χ1v) is 15.1. The lowest BCUT2D eigenvalue weighted by Gasteiger charge is -2.40. The van der Waals surface area contributed by atoms with Crippen LogP contribution in [0.1, 0.15) is 12.8 Å². The molecule has 0 aromatic heterocycles. The Morgan fingerprint density at radius 1 is 0.654 bits per heavy atom. The molecule has 0 heterocycles. The average Bonchev–Trinajstić information content (AvgIpc) is 3.47. The van der Waals surface area contributed by atoms with E-state index in [2.05, 4.69) is 104 Å². The van der Waals surface area contributed by atoms with Crippen molar-refractivity contribution >= 4 is 41.6 Å². The number of hydrogen-bond acceptors (Lipinski definition) is 0. The summed E-state index contributed by atoms with van der Waals surface area (Å²) in [6.07, 6.45) is 2.48. The molecule has 3 heteroatoms. The molecule has 0 aliphatic heterocycles. The Morgan fingerprint density at radius 2 is 0.962 bits per heavy atom. The van der Waals surface area contributed by atoms with Gasteiger partial charge in [0.2, 0.25) is 0 Å². The predicted octanol–water partition coefficient (Wildman–Crippen LogP) is 5.50. The number of hydrogen-bond donors (Lipinski definition) is 0. The average molecular weight is 396 g/mol. The Kier molecular flexibility index (Phi) is 4.59. The van der Waals surface area contributed by atoms with Crippen LogP contribution >= 0.6 is 18.3 Å². The minimum atomic E-state index is -1.94. The first-order chi connectivity index (χ1) is 12.5. The van der Waals surface area contributed by atoms with E-state index in [1.54, 1.807) is 0 Å². The predicted molar refractivity (Wildman–Crippen MR) is 120 cm³/mol. The van der Waals surface area contributed by atoms with Gasteiger partial charge in [0.25, 0.3) is 0 Å². The zero-order valence-electron chi connectivity index (χ0n) is 15.4. The van der Waals surface area contributed by atoms with Crippen LogP contribution in [0.25, 0.3) is 0 Å². The van der Waals surface area contributed by atoms with E-state index in [0.717, 1.165) is 0 Å². The second-order valence-corrected chi connectivity index (χ2v) is 18.6. The molecule has 0 bridgehead atoms. The molecule has 0 radical (unpaired) electrons. The van der Waals surface area contributed by atoms with E-state index >= 15 is 0 Å². The minimum absolute atomic E-state index is 0.228. The summed E-state index contributed by atoms with van der Waals surface area (Å²) in [7, 11) is -3.77. The molecule has 1 fully saturated rings. The van der Waals surface area contributed by atoms with Gasteiger partial charge in [-0.05, 0) is 49.2 Å². The van der Waals surface area contributed by atoms with Gasteiger partial charge in [0.1, 0.15) is 23.2 Å². The van der Waals surface area contributed by atoms with E-state index in [1.807, 2.05) is 0 Å². The Labute approximate surface area is 163 Å². The highest BCUT2D eigenvalue weighted by atomic mass is 35.6. The van der Waals surface area contributed by atoms with Gasteiger partial charge in [-0.1, -0.05) is 67.7 Å². The molecular weight excluding hydrogens is 371 g/mol. The van der Waals surface area contributed by atoms with Gasteiger partial charge >= 0.3 is 0 Å². The maximum Gasteiger partial charge on any atom is 0.199 e. The zero-order valence-corrected chi connectivity index (χ0v) is 18.1. The van der Waals surface area contributed by atoms with Crippen LogP contribution in [0.5, 0.6) is 0 Å². The first-order valence-electron chi connectivity index (χ1n) is 9.27. The fourth-order valence-electron chi connectivity index (χ4n) is 4.59. The third-order valence-corrected chi connectivity index (χ3v) is 17.7. The van der Waals surface area contributed by atoms with Crippen LogP contribution < -0.4 is 15.9 Å². The summed E-state index contributed by atoms with van der Waals surface area (Å²) in [6, 6.07) is 33.5. The van der Waals surface area contributed by atoms with Crippen molar-refractivity contribution in [2.45, 2.75) is 30.7 Å². The number of benzene rings is 3. The van der Waals surface area contributed by atoms with Crippen molar-refractivity contribution in [3.63, 3.8) is 0 Å². The normalized spacial score (nSPS) is 16.3. The van der Waals surface area contributed by atoms with Crippen molar-refractivity contribution in [1.29, 1.82) is 0 Å². The summed E-state index contributed by atoms with van der Waals surface area (Å²) < 4.78 is 0.228. The smallest absolute Gasteiger partial charge is 0.162 e. The Balaban J connectivity index is 2.12. The van der Waals surface area contributed by atoms with Gasteiger partial charge in [-0.2, -0.15) is 11.1 Å². The molecule has 0 spiro atoms. The summed E-state index contributed by atoms with van der Waals surface area (Å²) in [6.45, 7) is 4.70. The van der Waals surface area contributed by atoms with E-state index in [-0.39, 0.29) is 4.78 Å². The van der Waals surface area contributed by atoms with Crippen molar-refractivity contribution in [3.8, 4) is 0 Å². The van der Waals surface area contributed by atoms with E-state index in [4.69, 9.17) is 11.1 Å². The van der Waals surface area contributed by atoms with Gasteiger partial charge in [0.15, 0.2) is 7.38 Å². The number of rotatable bonds is 5. The van der Waals surface area contributed by atoms with Crippen molar-refractivity contribution < 1.29 is 0 Å². The molecule has 0 amide bonds. The van der Waals surface area contributed by atoms with Crippen molar-refractivity contribution in [3.05, 3.63) is 91.0 Å².